The van der Waals surface area contributed by atoms with Gasteiger partial charge >= 0.3 is 11.9 Å². The Bertz CT molecular complexity index is 314. The van der Waals surface area contributed by atoms with Crippen LogP contribution in [0.25, 0.3) is 0 Å². The van der Waals surface area contributed by atoms with Crippen LogP contribution in [0.3, 0.4) is 0 Å². The van der Waals surface area contributed by atoms with Crippen LogP contribution in [-0.4, -0.2) is 26.2 Å². The van der Waals surface area contributed by atoms with Crippen molar-refractivity contribution in [3.63, 3.8) is 0 Å². The minimum absolute atomic E-state index is 0.0865. The molecule has 1 atom stereocenters. The average Bonchev–Trinajstić information content (AvgIpc) is 2.16. The molecule has 0 fully saturated rings. The predicted molar refractivity (Wildman–Crippen MR) is 49.4 cm³/mol. The molecular formula is C10H12O4. The maximum absolute atomic E-state index is 11.3. The predicted octanol–water partition coefficient (Wildman–Crippen LogP) is 0.835. The smallest absolute Gasteiger partial charge is 0.334 e. The second-order valence-electron chi connectivity index (χ2n) is 2.92. The van der Waals surface area contributed by atoms with Crippen molar-refractivity contribution in [2.24, 2.45) is 5.92 Å². The van der Waals surface area contributed by atoms with E-state index in [1.807, 2.05) is 0 Å². The van der Waals surface area contributed by atoms with Crippen LogP contribution in [0.1, 0.15) is 6.42 Å². The second kappa shape index (κ2) is 4.09. The molecule has 4 nitrogen and oxygen atoms in total. The highest BCUT2D eigenvalue weighted by atomic mass is 16.5. The molecule has 0 spiro atoms. The highest BCUT2D eigenvalue weighted by Crippen LogP contribution is 2.36. The van der Waals surface area contributed by atoms with E-state index in [0.717, 1.165) is 0 Å². The van der Waals surface area contributed by atoms with E-state index in [0.29, 0.717) is 17.6 Å². The Morgan fingerprint density at radius 3 is 2.36 bits per heavy atom. The maximum Gasteiger partial charge on any atom is 0.334 e. The quantitative estimate of drug-likeness (QED) is 0.495. The maximum atomic E-state index is 11.3. The summed E-state index contributed by atoms with van der Waals surface area (Å²) in [7, 11) is 2.56. The molecule has 0 saturated carbocycles. The monoisotopic (exact) mass is 196 g/mol. The van der Waals surface area contributed by atoms with Crippen molar-refractivity contribution in [2.45, 2.75) is 6.42 Å². The van der Waals surface area contributed by atoms with Gasteiger partial charge in [-0.25, -0.2) is 9.59 Å². The standard InChI is InChI=1S/C10H12O4/c1-4-6-5-7(9(11)13-2)8(6)10(12)14-3/h4,6H,1,5H2,2-3H3/t6-/m1/s1. The van der Waals surface area contributed by atoms with Gasteiger partial charge in [-0.15, -0.1) is 6.58 Å². The van der Waals surface area contributed by atoms with Gasteiger partial charge in [0.1, 0.15) is 0 Å². The molecule has 1 aliphatic rings. The number of hydrogen-bond donors (Lipinski definition) is 0. The Balaban J connectivity index is 2.96. The molecule has 0 unspecified atom stereocenters. The first-order valence-corrected chi connectivity index (χ1v) is 4.18. The van der Waals surface area contributed by atoms with E-state index >= 15 is 0 Å². The number of carbonyl (C=O) groups is 2. The van der Waals surface area contributed by atoms with Crippen molar-refractivity contribution in [1.29, 1.82) is 0 Å². The van der Waals surface area contributed by atoms with Crippen LogP contribution in [0.2, 0.25) is 0 Å². The van der Waals surface area contributed by atoms with Crippen molar-refractivity contribution in [3.05, 3.63) is 23.8 Å². The van der Waals surface area contributed by atoms with E-state index < -0.39 is 11.9 Å². The molecule has 0 aromatic carbocycles. The molecule has 0 radical (unpaired) electrons. The number of hydrogen-bond acceptors (Lipinski definition) is 4. The Labute approximate surface area is 82.2 Å². The SMILES string of the molecule is C=C[C@@H]1CC(C(=O)OC)=C1C(=O)OC. The van der Waals surface area contributed by atoms with Crippen LogP contribution in [-0.2, 0) is 19.1 Å². The van der Waals surface area contributed by atoms with Gasteiger partial charge in [-0.2, -0.15) is 0 Å². The molecule has 0 amide bonds. The summed E-state index contributed by atoms with van der Waals surface area (Å²) in [6.07, 6.45) is 2.12. The van der Waals surface area contributed by atoms with Crippen LogP contribution >= 0.6 is 0 Å². The Morgan fingerprint density at radius 2 is 1.93 bits per heavy atom. The fourth-order valence-electron chi connectivity index (χ4n) is 1.43. The fraction of sp³-hybridized carbons (Fsp3) is 0.400. The van der Waals surface area contributed by atoms with Gasteiger partial charge in [-0.05, 0) is 6.42 Å². The molecule has 0 aromatic heterocycles. The van der Waals surface area contributed by atoms with E-state index in [-0.39, 0.29) is 5.92 Å². The van der Waals surface area contributed by atoms with Crippen LogP contribution in [0, 0.1) is 5.92 Å². The van der Waals surface area contributed by atoms with Gasteiger partial charge in [0.05, 0.1) is 19.8 Å². The first kappa shape index (κ1) is 10.5. The average molecular weight is 196 g/mol. The van der Waals surface area contributed by atoms with Gasteiger partial charge < -0.3 is 9.47 Å². The van der Waals surface area contributed by atoms with Gasteiger partial charge in [-0.3, -0.25) is 0 Å². The minimum Gasteiger partial charge on any atom is -0.466 e. The fourth-order valence-corrected chi connectivity index (χ4v) is 1.43. The lowest BCUT2D eigenvalue weighted by molar-refractivity contribution is -0.141. The summed E-state index contributed by atoms with van der Waals surface area (Å²) in [6, 6.07) is 0. The van der Waals surface area contributed by atoms with Gasteiger partial charge in [0.15, 0.2) is 0 Å². The summed E-state index contributed by atoms with van der Waals surface area (Å²) in [5.74, 6) is -1.04. The topological polar surface area (TPSA) is 52.6 Å². The summed E-state index contributed by atoms with van der Waals surface area (Å²) in [4.78, 5) is 22.4. The number of allylic oxidation sites excluding steroid dienone is 1. The number of rotatable bonds is 3. The molecule has 0 bridgehead atoms. The van der Waals surface area contributed by atoms with Crippen molar-refractivity contribution in [1.82, 2.24) is 0 Å². The van der Waals surface area contributed by atoms with Crippen molar-refractivity contribution >= 4 is 11.9 Å². The third-order valence-corrected chi connectivity index (χ3v) is 2.24. The highest BCUT2D eigenvalue weighted by molar-refractivity contribution is 6.03. The summed E-state index contributed by atoms with van der Waals surface area (Å²) < 4.78 is 9.09. The zero-order chi connectivity index (χ0) is 10.7. The van der Waals surface area contributed by atoms with Gasteiger partial charge in [0.25, 0.3) is 0 Å². The van der Waals surface area contributed by atoms with Crippen LogP contribution < -0.4 is 0 Å². The first-order valence-electron chi connectivity index (χ1n) is 4.18. The molecule has 0 N–H and O–H groups in total. The normalized spacial score (nSPS) is 19.7. The van der Waals surface area contributed by atoms with Crippen LogP contribution in [0.15, 0.2) is 23.8 Å². The first-order chi connectivity index (χ1) is 6.65. The number of methoxy groups -OCH3 is 2. The molecule has 76 valence electrons. The van der Waals surface area contributed by atoms with Gasteiger partial charge in [-0.1, -0.05) is 6.08 Å². The summed E-state index contributed by atoms with van der Waals surface area (Å²) in [5, 5.41) is 0. The molecule has 0 heterocycles. The number of carbonyl (C=O) groups excluding carboxylic acids is 2. The third-order valence-electron chi connectivity index (χ3n) is 2.24. The largest absolute Gasteiger partial charge is 0.466 e. The third kappa shape index (κ3) is 1.55. The van der Waals surface area contributed by atoms with Gasteiger partial charge in [0.2, 0.25) is 0 Å². The molecule has 0 aromatic rings. The van der Waals surface area contributed by atoms with E-state index in [1.165, 1.54) is 14.2 Å². The Morgan fingerprint density at radius 1 is 1.36 bits per heavy atom. The lowest BCUT2D eigenvalue weighted by Gasteiger charge is -2.27. The highest BCUT2D eigenvalue weighted by Gasteiger charge is 2.37. The van der Waals surface area contributed by atoms with E-state index in [1.54, 1.807) is 6.08 Å². The second-order valence-corrected chi connectivity index (χ2v) is 2.92. The van der Waals surface area contributed by atoms with Gasteiger partial charge in [0, 0.05) is 11.5 Å². The van der Waals surface area contributed by atoms with Crippen LogP contribution in [0.5, 0.6) is 0 Å². The molecular weight excluding hydrogens is 184 g/mol. The lowest BCUT2D eigenvalue weighted by Crippen LogP contribution is -2.29. The van der Waals surface area contributed by atoms with E-state index in [2.05, 4.69) is 16.1 Å². The van der Waals surface area contributed by atoms with Crippen molar-refractivity contribution in [2.75, 3.05) is 14.2 Å². The van der Waals surface area contributed by atoms with Crippen LogP contribution in [0.4, 0.5) is 0 Å². The Hall–Kier alpha value is -1.58. The summed E-state index contributed by atoms with van der Waals surface area (Å²) in [6.45, 7) is 3.58. The molecule has 4 heteroatoms. The summed E-state index contributed by atoms with van der Waals surface area (Å²) in [5.41, 5.74) is 0.763. The number of esters is 2. The molecule has 0 aliphatic heterocycles. The number of ether oxygens (including phenoxy) is 2. The molecule has 0 saturated heterocycles. The molecule has 1 aliphatic carbocycles. The molecule has 14 heavy (non-hydrogen) atoms. The zero-order valence-electron chi connectivity index (χ0n) is 8.20. The van der Waals surface area contributed by atoms with E-state index in [4.69, 9.17) is 0 Å². The summed E-state index contributed by atoms with van der Waals surface area (Å²) >= 11 is 0. The minimum atomic E-state index is -0.485. The molecule has 1 rings (SSSR count). The zero-order valence-corrected chi connectivity index (χ0v) is 8.20. The van der Waals surface area contributed by atoms with E-state index in [9.17, 15) is 9.59 Å². The van der Waals surface area contributed by atoms with Crippen molar-refractivity contribution < 1.29 is 19.1 Å². The Kier molecular flexibility index (Phi) is 3.06. The van der Waals surface area contributed by atoms with Crippen molar-refractivity contribution in [3.8, 4) is 0 Å². The lowest BCUT2D eigenvalue weighted by atomic mass is 9.77.